The Kier molecular flexibility index (Phi) is 3.91. The fraction of sp³-hybridized carbons (Fsp3) is 0.278. The van der Waals surface area contributed by atoms with Crippen molar-refractivity contribution in [3.05, 3.63) is 60.0 Å². The molecule has 2 aromatic heterocycles. The molecule has 0 amide bonds. The first-order chi connectivity index (χ1) is 10.3. The average molecular weight is 280 g/mol. The molecule has 108 valence electrons. The van der Waals surface area contributed by atoms with Gasteiger partial charge in [-0.25, -0.2) is 0 Å². The van der Waals surface area contributed by atoms with E-state index in [-0.39, 0.29) is 0 Å². The van der Waals surface area contributed by atoms with Crippen LogP contribution in [-0.2, 0) is 6.54 Å². The third-order valence-corrected chi connectivity index (χ3v) is 3.52. The summed E-state index contributed by atoms with van der Waals surface area (Å²) in [5.41, 5.74) is 3.61. The molecule has 3 rings (SSSR count). The molecule has 1 aromatic carbocycles. The minimum absolute atomic E-state index is 0.756. The Bertz CT molecular complexity index is 746. The Hall–Kier alpha value is -2.29. The number of benzene rings is 1. The normalized spacial score (nSPS) is 11.0. The minimum atomic E-state index is 0.756. The second-order valence-electron chi connectivity index (χ2n) is 5.35. The lowest BCUT2D eigenvalue weighted by Crippen LogP contribution is -1.99. The van der Waals surface area contributed by atoms with Crippen molar-refractivity contribution in [2.45, 2.75) is 26.8 Å². The quantitative estimate of drug-likeness (QED) is 0.701. The highest BCUT2D eigenvalue weighted by atomic mass is 16.5. The van der Waals surface area contributed by atoms with Gasteiger partial charge in [-0.3, -0.25) is 4.98 Å². The third-order valence-electron chi connectivity index (χ3n) is 3.52. The van der Waals surface area contributed by atoms with Gasteiger partial charge < -0.3 is 9.30 Å². The van der Waals surface area contributed by atoms with Gasteiger partial charge in [-0.2, -0.15) is 0 Å². The van der Waals surface area contributed by atoms with Crippen molar-refractivity contribution in [1.82, 2.24) is 9.55 Å². The molecule has 0 aliphatic rings. The number of rotatable bonds is 5. The summed E-state index contributed by atoms with van der Waals surface area (Å²) in [4.78, 5) is 4.26. The van der Waals surface area contributed by atoms with Crippen molar-refractivity contribution in [2.75, 3.05) is 6.61 Å². The van der Waals surface area contributed by atoms with Crippen molar-refractivity contribution >= 4 is 10.9 Å². The largest absolute Gasteiger partial charge is 0.493 e. The van der Waals surface area contributed by atoms with Crippen LogP contribution in [0, 0.1) is 6.92 Å². The molecule has 0 atom stereocenters. The van der Waals surface area contributed by atoms with Gasteiger partial charge in [0.1, 0.15) is 5.75 Å². The number of pyridine rings is 1. The van der Waals surface area contributed by atoms with Crippen LogP contribution in [0.5, 0.6) is 5.75 Å². The van der Waals surface area contributed by atoms with Crippen LogP contribution in [0.3, 0.4) is 0 Å². The molecule has 2 heterocycles. The molecule has 0 saturated carbocycles. The molecule has 0 spiro atoms. The molecule has 3 aromatic rings. The summed E-state index contributed by atoms with van der Waals surface area (Å²) < 4.78 is 8.07. The Morgan fingerprint density at radius 3 is 2.90 bits per heavy atom. The molecule has 0 N–H and O–H groups in total. The van der Waals surface area contributed by atoms with Crippen LogP contribution >= 0.6 is 0 Å². The molecule has 0 unspecified atom stereocenters. The summed E-state index contributed by atoms with van der Waals surface area (Å²) in [6, 6.07) is 10.5. The molecule has 3 nitrogen and oxygen atoms in total. The van der Waals surface area contributed by atoms with Gasteiger partial charge in [-0.15, -0.1) is 0 Å². The van der Waals surface area contributed by atoms with Crippen LogP contribution in [0.2, 0.25) is 0 Å². The van der Waals surface area contributed by atoms with Crippen LogP contribution in [0.1, 0.15) is 24.5 Å². The second-order valence-corrected chi connectivity index (χ2v) is 5.35. The zero-order chi connectivity index (χ0) is 14.7. The predicted octanol–water partition coefficient (Wildman–Crippen LogP) is 4.18. The van der Waals surface area contributed by atoms with Crippen LogP contribution in [-0.4, -0.2) is 16.2 Å². The summed E-state index contributed by atoms with van der Waals surface area (Å²) in [5, 5.41) is 1.17. The van der Waals surface area contributed by atoms with Gasteiger partial charge in [0.05, 0.1) is 12.1 Å². The van der Waals surface area contributed by atoms with Gasteiger partial charge >= 0.3 is 0 Å². The van der Waals surface area contributed by atoms with Crippen LogP contribution in [0.25, 0.3) is 10.9 Å². The van der Waals surface area contributed by atoms with E-state index in [1.165, 1.54) is 22.0 Å². The number of aryl methyl sites for hydroxylation is 1. The highest BCUT2D eigenvalue weighted by molar-refractivity contribution is 5.86. The summed E-state index contributed by atoms with van der Waals surface area (Å²) in [6.07, 6.45) is 6.95. The van der Waals surface area contributed by atoms with E-state index < -0.39 is 0 Å². The molecule has 0 fully saturated rings. The number of ether oxygens (including phenoxy) is 1. The van der Waals surface area contributed by atoms with Gasteiger partial charge in [0.15, 0.2) is 0 Å². The maximum Gasteiger partial charge on any atom is 0.128 e. The van der Waals surface area contributed by atoms with E-state index in [4.69, 9.17) is 4.74 Å². The van der Waals surface area contributed by atoms with Crippen molar-refractivity contribution in [1.29, 1.82) is 0 Å². The van der Waals surface area contributed by atoms with E-state index in [1.807, 2.05) is 18.5 Å². The highest BCUT2D eigenvalue weighted by Gasteiger charge is 2.07. The molecule has 21 heavy (non-hydrogen) atoms. The molecule has 0 radical (unpaired) electrons. The molecule has 0 bridgehead atoms. The first-order valence-corrected chi connectivity index (χ1v) is 7.39. The van der Waals surface area contributed by atoms with Crippen LogP contribution in [0.15, 0.2) is 48.9 Å². The topological polar surface area (TPSA) is 27.1 Å². The summed E-state index contributed by atoms with van der Waals surface area (Å²) in [6.45, 7) is 5.78. The number of fused-ring (bicyclic) bond motifs is 1. The van der Waals surface area contributed by atoms with E-state index in [2.05, 4.69) is 53.9 Å². The van der Waals surface area contributed by atoms with Crippen molar-refractivity contribution < 1.29 is 4.74 Å². The standard InChI is InChI=1S/C18H20N2O/c1-3-9-21-18-6-4-5-17-16(18)7-8-20(17)13-15-10-14(2)11-19-12-15/h4-8,10-12H,3,9,13H2,1-2H3. The maximum absolute atomic E-state index is 5.83. The fourth-order valence-corrected chi connectivity index (χ4v) is 2.57. The SMILES string of the molecule is CCCOc1cccc2c1ccn2Cc1cncc(C)c1. The first-order valence-electron chi connectivity index (χ1n) is 7.39. The summed E-state index contributed by atoms with van der Waals surface area (Å²) >= 11 is 0. The van der Waals surface area contributed by atoms with Gasteiger partial charge in [-0.1, -0.05) is 19.1 Å². The van der Waals surface area contributed by atoms with Crippen LogP contribution in [0.4, 0.5) is 0 Å². The maximum atomic E-state index is 5.83. The second kappa shape index (κ2) is 6.00. The average Bonchev–Trinajstić information content (AvgIpc) is 2.89. The first kappa shape index (κ1) is 13.7. The van der Waals surface area contributed by atoms with Crippen molar-refractivity contribution in [3.63, 3.8) is 0 Å². The van der Waals surface area contributed by atoms with Gasteiger partial charge in [0, 0.05) is 30.5 Å². The van der Waals surface area contributed by atoms with Crippen molar-refractivity contribution in [2.24, 2.45) is 0 Å². The summed E-state index contributed by atoms with van der Waals surface area (Å²) in [5.74, 6) is 0.968. The number of aromatic nitrogens is 2. The molecule has 0 aliphatic heterocycles. The van der Waals surface area contributed by atoms with Gasteiger partial charge in [0.25, 0.3) is 0 Å². The smallest absolute Gasteiger partial charge is 0.128 e. The lowest BCUT2D eigenvalue weighted by Gasteiger charge is -2.09. The lowest BCUT2D eigenvalue weighted by molar-refractivity contribution is 0.321. The zero-order valence-electron chi connectivity index (χ0n) is 12.5. The Morgan fingerprint density at radius 2 is 2.10 bits per heavy atom. The predicted molar refractivity (Wildman–Crippen MR) is 85.8 cm³/mol. The fourth-order valence-electron chi connectivity index (χ4n) is 2.57. The number of hydrogen-bond donors (Lipinski definition) is 0. The monoisotopic (exact) mass is 280 g/mol. The molecular formula is C18H20N2O. The number of nitrogens with zero attached hydrogens (tertiary/aromatic N) is 2. The molecular weight excluding hydrogens is 260 g/mol. The minimum Gasteiger partial charge on any atom is -0.493 e. The Balaban J connectivity index is 1.93. The van der Waals surface area contributed by atoms with Gasteiger partial charge in [0.2, 0.25) is 0 Å². The molecule has 0 saturated heterocycles. The Morgan fingerprint density at radius 1 is 1.19 bits per heavy atom. The van der Waals surface area contributed by atoms with E-state index in [0.717, 1.165) is 25.3 Å². The van der Waals surface area contributed by atoms with Crippen molar-refractivity contribution in [3.8, 4) is 5.75 Å². The molecule has 3 heteroatoms. The number of hydrogen-bond acceptors (Lipinski definition) is 2. The highest BCUT2D eigenvalue weighted by Crippen LogP contribution is 2.27. The lowest BCUT2D eigenvalue weighted by atomic mass is 10.2. The van der Waals surface area contributed by atoms with Crippen LogP contribution < -0.4 is 4.74 Å². The van der Waals surface area contributed by atoms with Gasteiger partial charge in [-0.05, 0) is 42.7 Å². The van der Waals surface area contributed by atoms with E-state index in [9.17, 15) is 0 Å². The van der Waals surface area contributed by atoms with E-state index in [1.54, 1.807) is 0 Å². The third kappa shape index (κ3) is 2.92. The Labute approximate surface area is 125 Å². The zero-order valence-corrected chi connectivity index (χ0v) is 12.5. The van der Waals surface area contributed by atoms with E-state index in [0.29, 0.717) is 0 Å². The van der Waals surface area contributed by atoms with E-state index >= 15 is 0 Å². The molecule has 0 aliphatic carbocycles. The summed E-state index contributed by atoms with van der Waals surface area (Å²) in [7, 11) is 0.